The summed E-state index contributed by atoms with van der Waals surface area (Å²) in [6, 6.07) is 6.98. The van der Waals surface area contributed by atoms with Crippen LogP contribution in [-0.2, 0) is 19.0 Å². The molecule has 102 valence electrons. The molecular formula is C13H13BrO5. The first-order chi connectivity index (χ1) is 9.18. The SMILES string of the molecule is O=C(COC(=O)[C@H]1COCCO1)c1ccccc1Br. The van der Waals surface area contributed by atoms with Gasteiger partial charge in [-0.25, -0.2) is 4.79 Å². The number of ether oxygens (including phenoxy) is 3. The molecule has 0 amide bonds. The van der Waals surface area contributed by atoms with Gasteiger partial charge in [-0.2, -0.15) is 0 Å². The van der Waals surface area contributed by atoms with Crippen LogP contribution < -0.4 is 0 Å². The van der Waals surface area contributed by atoms with Crippen molar-refractivity contribution in [2.24, 2.45) is 0 Å². The fourth-order valence-corrected chi connectivity index (χ4v) is 2.12. The molecule has 0 radical (unpaired) electrons. The molecule has 1 heterocycles. The summed E-state index contributed by atoms with van der Waals surface area (Å²) >= 11 is 3.27. The van der Waals surface area contributed by atoms with Gasteiger partial charge in [-0.1, -0.05) is 34.1 Å². The van der Waals surface area contributed by atoms with Crippen LogP contribution in [0.1, 0.15) is 10.4 Å². The number of halogens is 1. The number of carbonyl (C=O) groups excluding carboxylic acids is 2. The van der Waals surface area contributed by atoms with Crippen LogP contribution >= 0.6 is 15.9 Å². The van der Waals surface area contributed by atoms with Gasteiger partial charge in [-0.3, -0.25) is 4.79 Å². The smallest absolute Gasteiger partial charge is 0.338 e. The van der Waals surface area contributed by atoms with Crippen molar-refractivity contribution in [2.45, 2.75) is 6.10 Å². The predicted octanol–water partition coefficient (Wildman–Crippen LogP) is 1.59. The lowest BCUT2D eigenvalue weighted by Crippen LogP contribution is -2.37. The number of rotatable bonds is 4. The molecule has 5 nitrogen and oxygen atoms in total. The third-order valence-electron chi connectivity index (χ3n) is 2.60. The van der Waals surface area contributed by atoms with E-state index in [2.05, 4.69) is 15.9 Å². The fourth-order valence-electron chi connectivity index (χ4n) is 1.62. The summed E-state index contributed by atoms with van der Waals surface area (Å²) in [6.07, 6.45) is -0.735. The van der Waals surface area contributed by atoms with Crippen LogP contribution in [0.3, 0.4) is 0 Å². The molecule has 1 atom stereocenters. The third-order valence-corrected chi connectivity index (χ3v) is 3.29. The summed E-state index contributed by atoms with van der Waals surface area (Å²) in [4.78, 5) is 23.5. The lowest BCUT2D eigenvalue weighted by atomic mass is 10.1. The van der Waals surface area contributed by atoms with Gasteiger partial charge in [-0.15, -0.1) is 0 Å². The van der Waals surface area contributed by atoms with E-state index in [0.717, 1.165) is 0 Å². The number of carbonyl (C=O) groups is 2. The van der Waals surface area contributed by atoms with Crippen LogP contribution in [0.15, 0.2) is 28.7 Å². The molecule has 1 aromatic rings. The van der Waals surface area contributed by atoms with Gasteiger partial charge < -0.3 is 14.2 Å². The van der Waals surface area contributed by atoms with E-state index in [1.807, 2.05) is 0 Å². The highest BCUT2D eigenvalue weighted by Gasteiger charge is 2.25. The van der Waals surface area contributed by atoms with Crippen molar-refractivity contribution in [3.63, 3.8) is 0 Å². The minimum absolute atomic E-state index is 0.169. The van der Waals surface area contributed by atoms with Crippen LogP contribution in [-0.4, -0.2) is 44.3 Å². The maximum Gasteiger partial charge on any atom is 0.338 e. The Morgan fingerprint density at radius 3 is 2.79 bits per heavy atom. The standard InChI is InChI=1S/C13H13BrO5/c14-10-4-2-1-3-9(10)11(15)7-19-13(16)12-8-17-5-6-18-12/h1-4,12H,5-8H2/t12-/m1/s1. The van der Waals surface area contributed by atoms with Crippen molar-refractivity contribution in [2.75, 3.05) is 26.4 Å². The number of benzene rings is 1. The molecule has 1 aromatic carbocycles. The van der Waals surface area contributed by atoms with E-state index in [9.17, 15) is 9.59 Å². The molecule has 0 aromatic heterocycles. The van der Waals surface area contributed by atoms with E-state index in [0.29, 0.717) is 23.2 Å². The highest BCUT2D eigenvalue weighted by Crippen LogP contribution is 2.16. The van der Waals surface area contributed by atoms with Crippen LogP contribution in [0.5, 0.6) is 0 Å². The van der Waals surface area contributed by atoms with Crippen molar-refractivity contribution < 1.29 is 23.8 Å². The summed E-state index contributed by atoms with van der Waals surface area (Å²) in [6.45, 7) is 0.695. The second-order valence-corrected chi connectivity index (χ2v) is 4.80. The summed E-state index contributed by atoms with van der Waals surface area (Å²) in [7, 11) is 0. The first kappa shape index (κ1) is 14.2. The Kier molecular flexibility index (Phi) is 5.07. The number of Topliss-reactive ketones (excluding diaryl/α,β-unsaturated/α-hetero) is 1. The molecule has 1 aliphatic heterocycles. The van der Waals surface area contributed by atoms with E-state index >= 15 is 0 Å². The van der Waals surface area contributed by atoms with Crippen molar-refractivity contribution in [1.82, 2.24) is 0 Å². The zero-order chi connectivity index (χ0) is 13.7. The van der Waals surface area contributed by atoms with Crippen LogP contribution in [0.2, 0.25) is 0 Å². The van der Waals surface area contributed by atoms with Crippen molar-refractivity contribution in [3.05, 3.63) is 34.3 Å². The quantitative estimate of drug-likeness (QED) is 0.620. The Hall–Kier alpha value is -1.24. The highest BCUT2D eigenvalue weighted by molar-refractivity contribution is 9.10. The van der Waals surface area contributed by atoms with E-state index in [-0.39, 0.29) is 19.0 Å². The van der Waals surface area contributed by atoms with Gasteiger partial charge >= 0.3 is 5.97 Å². The lowest BCUT2D eigenvalue weighted by molar-refractivity contribution is -0.169. The van der Waals surface area contributed by atoms with Gasteiger partial charge in [0, 0.05) is 10.0 Å². The molecule has 2 rings (SSSR count). The minimum atomic E-state index is -0.735. The average Bonchev–Trinajstić information content (AvgIpc) is 2.46. The zero-order valence-electron chi connectivity index (χ0n) is 10.1. The molecule has 0 N–H and O–H groups in total. The number of ketones is 1. The molecule has 0 unspecified atom stereocenters. The van der Waals surface area contributed by atoms with E-state index in [1.165, 1.54) is 0 Å². The van der Waals surface area contributed by atoms with Crippen molar-refractivity contribution >= 4 is 27.7 Å². The van der Waals surface area contributed by atoms with Crippen LogP contribution in [0.4, 0.5) is 0 Å². The third kappa shape index (κ3) is 3.86. The van der Waals surface area contributed by atoms with E-state index in [4.69, 9.17) is 14.2 Å². The Bertz CT molecular complexity index is 468. The largest absolute Gasteiger partial charge is 0.455 e. The molecule has 6 heteroatoms. The van der Waals surface area contributed by atoms with E-state index in [1.54, 1.807) is 24.3 Å². The Labute approximate surface area is 119 Å². The summed E-state index contributed by atoms with van der Waals surface area (Å²) < 4.78 is 15.9. The van der Waals surface area contributed by atoms with Gasteiger partial charge in [0.2, 0.25) is 5.78 Å². The Morgan fingerprint density at radius 1 is 1.32 bits per heavy atom. The zero-order valence-corrected chi connectivity index (χ0v) is 11.7. The normalized spacial score (nSPS) is 18.9. The summed E-state index contributed by atoms with van der Waals surface area (Å²) in [5, 5.41) is 0. The number of hydrogen-bond donors (Lipinski definition) is 0. The number of hydrogen-bond acceptors (Lipinski definition) is 5. The maximum absolute atomic E-state index is 11.9. The molecule has 1 fully saturated rings. The van der Waals surface area contributed by atoms with Crippen molar-refractivity contribution in [1.29, 1.82) is 0 Å². The summed E-state index contributed by atoms with van der Waals surface area (Å²) in [5.41, 5.74) is 0.483. The van der Waals surface area contributed by atoms with Gasteiger partial charge in [-0.05, 0) is 6.07 Å². The maximum atomic E-state index is 11.9. The molecule has 0 saturated carbocycles. The second-order valence-electron chi connectivity index (χ2n) is 3.95. The molecule has 1 aliphatic rings. The molecule has 0 spiro atoms. The number of esters is 1. The topological polar surface area (TPSA) is 61.8 Å². The van der Waals surface area contributed by atoms with Gasteiger partial charge in [0.25, 0.3) is 0 Å². The summed E-state index contributed by atoms with van der Waals surface area (Å²) in [5.74, 6) is -0.836. The Balaban J connectivity index is 1.86. The monoisotopic (exact) mass is 328 g/mol. The average molecular weight is 329 g/mol. The lowest BCUT2D eigenvalue weighted by Gasteiger charge is -2.21. The predicted molar refractivity (Wildman–Crippen MR) is 70.0 cm³/mol. The van der Waals surface area contributed by atoms with Crippen molar-refractivity contribution in [3.8, 4) is 0 Å². The molecule has 1 saturated heterocycles. The molecule has 0 aliphatic carbocycles. The first-order valence-electron chi connectivity index (χ1n) is 5.82. The fraction of sp³-hybridized carbons (Fsp3) is 0.385. The van der Waals surface area contributed by atoms with E-state index < -0.39 is 12.1 Å². The highest BCUT2D eigenvalue weighted by atomic mass is 79.9. The molecule has 0 bridgehead atoms. The van der Waals surface area contributed by atoms with Gasteiger partial charge in [0.1, 0.15) is 0 Å². The van der Waals surface area contributed by atoms with Crippen LogP contribution in [0.25, 0.3) is 0 Å². The van der Waals surface area contributed by atoms with Crippen LogP contribution in [0, 0.1) is 0 Å². The first-order valence-corrected chi connectivity index (χ1v) is 6.61. The van der Waals surface area contributed by atoms with Gasteiger partial charge in [0.15, 0.2) is 12.7 Å². The Morgan fingerprint density at radius 2 is 2.11 bits per heavy atom. The molecular weight excluding hydrogens is 316 g/mol. The van der Waals surface area contributed by atoms with Gasteiger partial charge in [0.05, 0.1) is 19.8 Å². The molecule has 19 heavy (non-hydrogen) atoms. The second kappa shape index (κ2) is 6.79. The minimum Gasteiger partial charge on any atom is -0.455 e.